The first-order valence-corrected chi connectivity index (χ1v) is 10.0. The van der Waals surface area contributed by atoms with Gasteiger partial charge in [0, 0.05) is 6.08 Å². The summed E-state index contributed by atoms with van der Waals surface area (Å²) in [6, 6.07) is 17.7. The minimum atomic E-state index is -0.0986. The number of rotatable bonds is 9. The summed E-state index contributed by atoms with van der Waals surface area (Å²) < 4.78 is 10.9. The van der Waals surface area contributed by atoms with E-state index < -0.39 is 0 Å². The smallest absolute Gasteiger partial charge is 0.244 e. The van der Waals surface area contributed by atoms with E-state index in [1.165, 1.54) is 4.90 Å². The number of carbonyl (C=O) groups excluding carboxylic acids is 1. The predicted octanol–water partition coefficient (Wildman–Crippen LogP) is 2.04. The first-order valence-electron chi connectivity index (χ1n) is 10.0. The molecule has 1 heterocycles. The molecule has 0 bridgehead atoms. The Morgan fingerprint density at radius 3 is 2.55 bits per heavy atom. The molecule has 1 saturated heterocycles. The van der Waals surface area contributed by atoms with E-state index in [4.69, 9.17) is 9.47 Å². The van der Waals surface area contributed by atoms with Crippen molar-refractivity contribution in [3.05, 3.63) is 84.5 Å². The first kappa shape index (κ1) is 20.8. The molecule has 3 rings (SSSR count). The van der Waals surface area contributed by atoms with E-state index in [-0.39, 0.29) is 11.9 Å². The zero-order chi connectivity index (χ0) is 20.3. The van der Waals surface area contributed by atoms with Gasteiger partial charge in [-0.05, 0) is 29.3 Å². The zero-order valence-electron chi connectivity index (χ0n) is 16.7. The largest absolute Gasteiger partial charge is 0.490 e. The molecule has 152 valence electrons. The molecular formula is C24H29N2O3+. The average molecular weight is 394 g/mol. The van der Waals surface area contributed by atoms with Crippen molar-refractivity contribution in [1.29, 1.82) is 0 Å². The second kappa shape index (κ2) is 11.2. The fraction of sp³-hybridized carbons (Fsp3) is 0.292. The fourth-order valence-electron chi connectivity index (χ4n) is 3.31. The SMILES string of the molecule is C=CCOc1ccc(/C=C/C(=O)N[C@@H](C[NH+]2CCOCC2)c2ccccc2)cc1. The molecular weight excluding hydrogens is 364 g/mol. The van der Waals surface area contributed by atoms with Crippen molar-refractivity contribution in [2.75, 3.05) is 39.5 Å². The number of ether oxygens (including phenoxy) is 2. The number of amides is 1. The van der Waals surface area contributed by atoms with Gasteiger partial charge in [0.1, 0.15) is 38.0 Å². The Kier molecular flexibility index (Phi) is 8.04. The van der Waals surface area contributed by atoms with Crippen molar-refractivity contribution in [3.63, 3.8) is 0 Å². The molecule has 1 amide bonds. The summed E-state index contributed by atoms with van der Waals surface area (Å²) in [5, 5.41) is 3.17. The van der Waals surface area contributed by atoms with Gasteiger partial charge in [-0.3, -0.25) is 4.79 Å². The lowest BCUT2D eigenvalue weighted by molar-refractivity contribution is -0.909. The number of nitrogens with one attached hydrogen (secondary N) is 2. The normalized spacial score (nSPS) is 15.7. The summed E-state index contributed by atoms with van der Waals surface area (Å²) >= 11 is 0. The van der Waals surface area contributed by atoms with Crippen LogP contribution in [0.4, 0.5) is 0 Å². The number of carbonyl (C=O) groups is 1. The molecule has 2 N–H and O–H groups in total. The lowest BCUT2D eigenvalue weighted by Crippen LogP contribution is -3.14. The summed E-state index contributed by atoms with van der Waals surface area (Å²) in [5.74, 6) is 0.683. The highest BCUT2D eigenvalue weighted by Gasteiger charge is 2.22. The highest BCUT2D eigenvalue weighted by atomic mass is 16.5. The Labute approximate surface area is 172 Å². The number of morpholine rings is 1. The van der Waals surface area contributed by atoms with Crippen LogP contribution in [0.2, 0.25) is 0 Å². The molecule has 5 heteroatoms. The van der Waals surface area contributed by atoms with Crippen LogP contribution in [0.3, 0.4) is 0 Å². The van der Waals surface area contributed by atoms with Gasteiger partial charge in [0.2, 0.25) is 5.91 Å². The molecule has 1 atom stereocenters. The highest BCUT2D eigenvalue weighted by molar-refractivity contribution is 5.92. The van der Waals surface area contributed by atoms with Crippen LogP contribution in [0.25, 0.3) is 6.08 Å². The van der Waals surface area contributed by atoms with Gasteiger partial charge in [-0.2, -0.15) is 0 Å². The molecule has 1 fully saturated rings. The Hall–Kier alpha value is -2.89. The lowest BCUT2D eigenvalue weighted by Gasteiger charge is -2.28. The van der Waals surface area contributed by atoms with Crippen LogP contribution < -0.4 is 15.0 Å². The van der Waals surface area contributed by atoms with E-state index >= 15 is 0 Å². The molecule has 1 aliphatic heterocycles. The molecule has 2 aromatic carbocycles. The Balaban J connectivity index is 1.61. The third kappa shape index (κ3) is 6.89. The van der Waals surface area contributed by atoms with Crippen LogP contribution >= 0.6 is 0 Å². The van der Waals surface area contributed by atoms with E-state index in [2.05, 4.69) is 24.0 Å². The van der Waals surface area contributed by atoms with Crippen molar-refractivity contribution >= 4 is 12.0 Å². The van der Waals surface area contributed by atoms with Crippen LogP contribution in [0, 0.1) is 0 Å². The standard InChI is InChI=1S/C24H28N2O3/c1-2-16-29-22-11-8-20(9-12-22)10-13-24(27)25-23(21-6-4-3-5-7-21)19-26-14-17-28-18-15-26/h2-13,23H,1,14-19H2,(H,25,27)/p+1/b13-10+/t23-/m0/s1. The molecule has 0 radical (unpaired) electrons. The van der Waals surface area contributed by atoms with E-state index in [9.17, 15) is 4.79 Å². The Bertz CT molecular complexity index is 797. The molecule has 0 aromatic heterocycles. The van der Waals surface area contributed by atoms with Gasteiger partial charge in [0.25, 0.3) is 0 Å². The van der Waals surface area contributed by atoms with E-state index in [1.807, 2.05) is 48.5 Å². The monoisotopic (exact) mass is 393 g/mol. The minimum absolute atomic E-state index is 0.0314. The van der Waals surface area contributed by atoms with Crippen LogP contribution in [0.1, 0.15) is 17.2 Å². The third-order valence-corrected chi connectivity index (χ3v) is 4.89. The van der Waals surface area contributed by atoms with Gasteiger partial charge >= 0.3 is 0 Å². The summed E-state index contributed by atoms with van der Waals surface area (Å²) in [5.41, 5.74) is 2.07. The van der Waals surface area contributed by atoms with E-state index in [0.29, 0.717) is 6.61 Å². The first-order chi connectivity index (χ1) is 14.2. The van der Waals surface area contributed by atoms with Crippen molar-refractivity contribution in [3.8, 4) is 5.75 Å². The molecule has 29 heavy (non-hydrogen) atoms. The van der Waals surface area contributed by atoms with Gasteiger partial charge < -0.3 is 19.7 Å². The summed E-state index contributed by atoms with van der Waals surface area (Å²) in [4.78, 5) is 14.0. The number of benzene rings is 2. The van der Waals surface area contributed by atoms with E-state index in [0.717, 1.165) is 49.7 Å². The third-order valence-electron chi connectivity index (χ3n) is 4.89. The maximum atomic E-state index is 12.6. The summed E-state index contributed by atoms with van der Waals surface area (Å²) in [7, 11) is 0. The second-order valence-electron chi connectivity index (χ2n) is 7.04. The molecule has 0 aliphatic carbocycles. The molecule has 0 saturated carbocycles. The van der Waals surface area contributed by atoms with Gasteiger partial charge in [0.15, 0.2) is 0 Å². The molecule has 5 nitrogen and oxygen atoms in total. The predicted molar refractivity (Wildman–Crippen MR) is 115 cm³/mol. The quantitative estimate of drug-likeness (QED) is 0.506. The van der Waals surface area contributed by atoms with Crippen LogP contribution in [0.5, 0.6) is 5.75 Å². The maximum absolute atomic E-state index is 12.6. The van der Waals surface area contributed by atoms with Crippen LogP contribution in [-0.2, 0) is 9.53 Å². The van der Waals surface area contributed by atoms with Crippen molar-refractivity contribution in [1.82, 2.24) is 5.32 Å². The Morgan fingerprint density at radius 2 is 1.86 bits per heavy atom. The summed E-state index contributed by atoms with van der Waals surface area (Å²) in [6.45, 7) is 8.45. The Morgan fingerprint density at radius 1 is 1.14 bits per heavy atom. The number of hydrogen-bond acceptors (Lipinski definition) is 3. The fourth-order valence-corrected chi connectivity index (χ4v) is 3.31. The maximum Gasteiger partial charge on any atom is 0.244 e. The average Bonchev–Trinajstić information content (AvgIpc) is 2.78. The minimum Gasteiger partial charge on any atom is -0.490 e. The van der Waals surface area contributed by atoms with Gasteiger partial charge in [-0.15, -0.1) is 0 Å². The van der Waals surface area contributed by atoms with Crippen molar-refractivity contribution in [2.24, 2.45) is 0 Å². The number of quaternary nitrogens is 1. The molecule has 0 unspecified atom stereocenters. The molecule has 2 aromatic rings. The van der Waals surface area contributed by atoms with Gasteiger partial charge in [-0.1, -0.05) is 55.1 Å². The summed E-state index contributed by atoms with van der Waals surface area (Å²) in [6.07, 6.45) is 5.11. The van der Waals surface area contributed by atoms with Gasteiger partial charge in [0.05, 0.1) is 13.2 Å². The lowest BCUT2D eigenvalue weighted by atomic mass is 10.1. The van der Waals surface area contributed by atoms with E-state index in [1.54, 1.807) is 12.2 Å². The molecule has 0 spiro atoms. The topological polar surface area (TPSA) is 52.0 Å². The van der Waals surface area contributed by atoms with Crippen LogP contribution in [-0.4, -0.2) is 45.4 Å². The molecule has 1 aliphatic rings. The number of hydrogen-bond donors (Lipinski definition) is 2. The van der Waals surface area contributed by atoms with Crippen LogP contribution in [0.15, 0.2) is 73.3 Å². The second-order valence-corrected chi connectivity index (χ2v) is 7.04. The van der Waals surface area contributed by atoms with Crippen molar-refractivity contribution < 1.29 is 19.2 Å². The highest BCUT2D eigenvalue weighted by Crippen LogP contribution is 2.14. The van der Waals surface area contributed by atoms with Gasteiger partial charge in [-0.25, -0.2) is 0 Å². The van der Waals surface area contributed by atoms with Crippen molar-refractivity contribution in [2.45, 2.75) is 6.04 Å². The zero-order valence-corrected chi connectivity index (χ0v) is 16.7.